The molecule has 1 amide bonds. The number of anilines is 2. The molecule has 1 aromatic heterocycles. The third-order valence-electron chi connectivity index (χ3n) is 4.16. The number of nitrogens with zero attached hydrogens (tertiary/aromatic N) is 2. The molecule has 0 bridgehead atoms. The van der Waals surface area contributed by atoms with Crippen LogP contribution in [0.1, 0.15) is 15.2 Å². The van der Waals surface area contributed by atoms with Crippen LogP contribution in [0.15, 0.2) is 64.9 Å². The van der Waals surface area contributed by atoms with Gasteiger partial charge < -0.3 is 10.1 Å². The number of methoxy groups -OCH3 is 1. The Morgan fingerprint density at radius 3 is 2.55 bits per heavy atom. The molecule has 7 nitrogen and oxygen atoms in total. The van der Waals surface area contributed by atoms with Gasteiger partial charge in [0.1, 0.15) is 15.5 Å². The third kappa shape index (κ3) is 4.23. The maximum absolute atomic E-state index is 13.1. The van der Waals surface area contributed by atoms with Crippen molar-refractivity contribution in [3.05, 3.63) is 70.4 Å². The fourth-order valence-electron chi connectivity index (χ4n) is 2.60. The van der Waals surface area contributed by atoms with Crippen LogP contribution in [0.2, 0.25) is 0 Å². The average Bonchev–Trinajstić information content (AvgIpc) is 3.24. The molecule has 0 fully saturated rings. The lowest BCUT2D eigenvalue weighted by Gasteiger charge is -2.20. The van der Waals surface area contributed by atoms with E-state index in [4.69, 9.17) is 10.00 Å². The minimum Gasteiger partial charge on any atom is -0.497 e. The maximum Gasteiger partial charge on any atom is 0.267 e. The summed E-state index contributed by atoms with van der Waals surface area (Å²) in [6, 6.07) is 16.3. The highest BCUT2D eigenvalue weighted by Gasteiger charge is 2.28. The van der Waals surface area contributed by atoms with Gasteiger partial charge in [0.15, 0.2) is 0 Å². The van der Waals surface area contributed by atoms with Crippen LogP contribution in [0.25, 0.3) is 0 Å². The van der Waals surface area contributed by atoms with Gasteiger partial charge in [-0.1, -0.05) is 6.07 Å². The Hall–Kier alpha value is -3.35. The second kappa shape index (κ2) is 8.34. The van der Waals surface area contributed by atoms with E-state index in [-0.39, 0.29) is 9.77 Å². The zero-order valence-corrected chi connectivity index (χ0v) is 17.3. The minimum atomic E-state index is -3.96. The van der Waals surface area contributed by atoms with Crippen molar-refractivity contribution in [1.82, 2.24) is 0 Å². The first kappa shape index (κ1) is 20.4. The first-order valence-electron chi connectivity index (χ1n) is 8.39. The molecule has 0 unspecified atom stereocenters. The molecule has 1 heterocycles. The van der Waals surface area contributed by atoms with Gasteiger partial charge >= 0.3 is 0 Å². The summed E-state index contributed by atoms with van der Waals surface area (Å²) in [5, 5.41) is 13.2. The van der Waals surface area contributed by atoms with Crippen molar-refractivity contribution in [3.8, 4) is 11.8 Å². The zero-order chi connectivity index (χ0) is 21.0. The van der Waals surface area contributed by atoms with Crippen molar-refractivity contribution in [2.45, 2.75) is 4.90 Å². The lowest BCUT2D eigenvalue weighted by Crippen LogP contribution is -2.28. The summed E-state index contributed by atoms with van der Waals surface area (Å²) in [6.07, 6.45) is 0. The number of amides is 1. The van der Waals surface area contributed by atoms with Crippen LogP contribution in [-0.4, -0.2) is 28.5 Å². The Morgan fingerprint density at radius 1 is 1.17 bits per heavy atom. The van der Waals surface area contributed by atoms with E-state index in [9.17, 15) is 13.2 Å². The van der Waals surface area contributed by atoms with Crippen LogP contribution in [-0.2, 0) is 10.0 Å². The lowest BCUT2D eigenvalue weighted by atomic mass is 10.2. The Bertz CT molecular complexity index is 1180. The van der Waals surface area contributed by atoms with Crippen molar-refractivity contribution in [2.75, 3.05) is 23.8 Å². The number of rotatable bonds is 6. The molecule has 0 aliphatic rings. The van der Waals surface area contributed by atoms with E-state index < -0.39 is 15.9 Å². The van der Waals surface area contributed by atoms with Crippen LogP contribution in [0.4, 0.5) is 11.4 Å². The molecule has 0 saturated carbocycles. The molecule has 0 aliphatic heterocycles. The average molecular weight is 428 g/mol. The van der Waals surface area contributed by atoms with Gasteiger partial charge in [-0.2, -0.15) is 5.26 Å². The normalized spacial score (nSPS) is 10.8. The van der Waals surface area contributed by atoms with E-state index in [0.717, 1.165) is 15.6 Å². The van der Waals surface area contributed by atoms with Gasteiger partial charge in [0.05, 0.1) is 24.4 Å². The van der Waals surface area contributed by atoms with Gasteiger partial charge in [-0.05, 0) is 53.9 Å². The molecule has 1 N–H and O–H groups in total. The van der Waals surface area contributed by atoms with Crippen molar-refractivity contribution < 1.29 is 17.9 Å². The summed E-state index contributed by atoms with van der Waals surface area (Å²) in [7, 11) is -1.01. The van der Waals surface area contributed by atoms with E-state index >= 15 is 0 Å². The Balaban J connectivity index is 1.89. The third-order valence-corrected chi connectivity index (χ3v) is 7.03. The van der Waals surface area contributed by atoms with Crippen LogP contribution in [0.3, 0.4) is 0 Å². The second-order valence-corrected chi connectivity index (χ2v) is 8.79. The van der Waals surface area contributed by atoms with E-state index in [2.05, 4.69) is 5.32 Å². The summed E-state index contributed by atoms with van der Waals surface area (Å²) >= 11 is 1.03. The number of carbonyl (C=O) groups excluding carboxylic acids is 1. The molecule has 9 heteroatoms. The minimum absolute atomic E-state index is 0.0627. The summed E-state index contributed by atoms with van der Waals surface area (Å²) in [5.41, 5.74) is 1.24. The molecular weight excluding hydrogens is 410 g/mol. The maximum atomic E-state index is 13.1. The van der Waals surface area contributed by atoms with Crippen molar-refractivity contribution >= 4 is 38.6 Å². The molecular formula is C20H17N3O4S2. The monoisotopic (exact) mass is 427 g/mol. The highest BCUT2D eigenvalue weighted by molar-refractivity contribution is 7.93. The van der Waals surface area contributed by atoms with Crippen molar-refractivity contribution in [1.29, 1.82) is 5.26 Å². The van der Waals surface area contributed by atoms with E-state index in [1.807, 2.05) is 6.07 Å². The largest absolute Gasteiger partial charge is 0.497 e. The fourth-order valence-corrected chi connectivity index (χ4v) is 5.09. The highest BCUT2D eigenvalue weighted by atomic mass is 32.2. The number of hydrogen-bond donors (Lipinski definition) is 1. The van der Waals surface area contributed by atoms with Gasteiger partial charge in [-0.25, -0.2) is 8.42 Å². The number of nitrogens with one attached hydrogen (secondary N) is 1. The second-order valence-electron chi connectivity index (χ2n) is 5.93. The Kier molecular flexibility index (Phi) is 5.87. The summed E-state index contributed by atoms with van der Waals surface area (Å²) in [4.78, 5) is 12.7. The number of hydrogen-bond acceptors (Lipinski definition) is 6. The van der Waals surface area contributed by atoms with Gasteiger partial charge in [0.2, 0.25) is 0 Å². The molecule has 148 valence electrons. The van der Waals surface area contributed by atoms with E-state index in [1.165, 1.54) is 26.3 Å². The number of nitriles is 1. The lowest BCUT2D eigenvalue weighted by molar-refractivity contribution is 0.102. The first-order valence-corrected chi connectivity index (χ1v) is 10.7. The quantitative estimate of drug-likeness (QED) is 0.646. The first-order chi connectivity index (χ1) is 13.9. The summed E-state index contributed by atoms with van der Waals surface area (Å²) in [6.45, 7) is 0. The molecule has 0 saturated heterocycles. The van der Waals surface area contributed by atoms with Gasteiger partial charge in [0.25, 0.3) is 15.9 Å². The molecule has 0 aliphatic carbocycles. The number of benzene rings is 2. The number of thiophene rings is 1. The van der Waals surface area contributed by atoms with E-state index in [1.54, 1.807) is 47.8 Å². The van der Waals surface area contributed by atoms with Crippen LogP contribution < -0.4 is 14.4 Å². The van der Waals surface area contributed by atoms with Gasteiger partial charge in [-0.3, -0.25) is 9.10 Å². The van der Waals surface area contributed by atoms with E-state index in [0.29, 0.717) is 22.7 Å². The number of sulfonamides is 1. The number of ether oxygens (including phenoxy) is 1. The van der Waals surface area contributed by atoms with Gasteiger partial charge in [0, 0.05) is 12.7 Å². The predicted octanol–water partition coefficient (Wildman–Crippen LogP) is 3.71. The smallest absolute Gasteiger partial charge is 0.267 e. The molecule has 2 aromatic carbocycles. The SMILES string of the molecule is COc1ccc(N(C)S(=O)(=O)c2ccsc2C(=O)Nc2cccc(C#N)c2)cc1. The zero-order valence-electron chi connectivity index (χ0n) is 15.6. The Labute approximate surface area is 172 Å². The topological polar surface area (TPSA) is 99.5 Å². The molecule has 3 aromatic rings. The van der Waals surface area contributed by atoms with Crippen LogP contribution in [0.5, 0.6) is 5.75 Å². The van der Waals surface area contributed by atoms with Crippen LogP contribution >= 0.6 is 11.3 Å². The number of carbonyl (C=O) groups is 1. The molecule has 3 rings (SSSR count). The molecule has 0 spiro atoms. The summed E-state index contributed by atoms with van der Waals surface area (Å²) < 4.78 is 32.4. The highest BCUT2D eigenvalue weighted by Crippen LogP contribution is 2.29. The van der Waals surface area contributed by atoms with Gasteiger partial charge in [-0.15, -0.1) is 11.3 Å². The molecule has 0 radical (unpaired) electrons. The summed E-state index contributed by atoms with van der Waals surface area (Å²) in [5.74, 6) is 0.0477. The molecule has 29 heavy (non-hydrogen) atoms. The Morgan fingerprint density at radius 2 is 1.90 bits per heavy atom. The van der Waals surface area contributed by atoms with Crippen molar-refractivity contribution in [2.24, 2.45) is 0 Å². The standard InChI is InChI=1S/C20H17N3O4S2/c1-23(16-6-8-17(27-2)9-7-16)29(25,26)18-10-11-28-19(18)20(24)22-15-5-3-4-14(12-15)13-21/h3-12H,1-2H3,(H,22,24). The predicted molar refractivity (Wildman–Crippen MR) is 112 cm³/mol. The molecule has 0 atom stereocenters. The van der Waals surface area contributed by atoms with Crippen LogP contribution in [0, 0.1) is 11.3 Å². The van der Waals surface area contributed by atoms with Crippen molar-refractivity contribution in [3.63, 3.8) is 0 Å². The fraction of sp³-hybridized carbons (Fsp3) is 0.100.